The highest BCUT2D eigenvalue weighted by atomic mass is 16.3. The molecule has 0 bridgehead atoms. The minimum Gasteiger partial charge on any atom is -0.502 e. The smallest absolute Gasteiger partial charge is 0.329 e. The molecule has 0 atom stereocenters. The standard InChI is InChI=1S/C16H28N2O3/c1-4-6-8-10-16(3,11-9-7-5-2)18-12-13(19)14(20)17-15(18)21/h12,19H,4-11H2,1-3H3,(H,17,20,21). The molecule has 21 heavy (non-hydrogen) atoms. The Bertz CT molecular complexity index is 535. The van der Waals surface area contributed by atoms with Crippen molar-refractivity contribution >= 4 is 0 Å². The zero-order chi connectivity index (χ0) is 15.9. The first-order chi connectivity index (χ1) is 9.94. The van der Waals surface area contributed by atoms with Crippen LogP contribution in [-0.4, -0.2) is 14.7 Å². The topological polar surface area (TPSA) is 75.1 Å². The molecule has 5 nitrogen and oxygen atoms in total. The van der Waals surface area contributed by atoms with Gasteiger partial charge in [-0.05, 0) is 19.8 Å². The van der Waals surface area contributed by atoms with Gasteiger partial charge in [0.05, 0.1) is 6.20 Å². The average Bonchev–Trinajstić information content (AvgIpc) is 2.43. The normalized spacial score (nSPS) is 11.8. The molecule has 0 unspecified atom stereocenters. The Kier molecular flexibility index (Phi) is 6.72. The Morgan fingerprint density at radius 3 is 2.10 bits per heavy atom. The molecule has 2 N–H and O–H groups in total. The molecule has 5 heteroatoms. The summed E-state index contributed by atoms with van der Waals surface area (Å²) in [4.78, 5) is 25.6. The zero-order valence-electron chi connectivity index (χ0n) is 13.4. The summed E-state index contributed by atoms with van der Waals surface area (Å²) in [7, 11) is 0. The van der Waals surface area contributed by atoms with E-state index < -0.39 is 17.0 Å². The molecule has 0 saturated carbocycles. The van der Waals surface area contributed by atoms with Gasteiger partial charge in [0.25, 0.3) is 5.56 Å². The van der Waals surface area contributed by atoms with Crippen LogP contribution in [0.5, 0.6) is 5.75 Å². The second-order valence-electron chi connectivity index (χ2n) is 6.05. The highest BCUT2D eigenvalue weighted by molar-refractivity contribution is 5.11. The molecular formula is C16H28N2O3. The molecule has 1 aromatic rings. The summed E-state index contributed by atoms with van der Waals surface area (Å²) in [6, 6.07) is 0. The van der Waals surface area contributed by atoms with Gasteiger partial charge in [0, 0.05) is 5.54 Å². The summed E-state index contributed by atoms with van der Waals surface area (Å²) >= 11 is 0. The van der Waals surface area contributed by atoms with E-state index >= 15 is 0 Å². The highest BCUT2D eigenvalue weighted by Gasteiger charge is 2.27. The number of unbranched alkanes of at least 4 members (excludes halogenated alkanes) is 4. The van der Waals surface area contributed by atoms with E-state index in [2.05, 4.69) is 18.8 Å². The minimum atomic E-state index is -0.722. The number of nitrogens with zero attached hydrogens (tertiary/aromatic N) is 1. The molecule has 1 rings (SSSR count). The van der Waals surface area contributed by atoms with Gasteiger partial charge >= 0.3 is 5.69 Å². The average molecular weight is 296 g/mol. The zero-order valence-corrected chi connectivity index (χ0v) is 13.4. The lowest BCUT2D eigenvalue weighted by molar-refractivity contribution is 0.237. The van der Waals surface area contributed by atoms with Gasteiger partial charge in [-0.15, -0.1) is 0 Å². The lowest BCUT2D eigenvalue weighted by Crippen LogP contribution is -2.42. The summed E-state index contributed by atoms with van der Waals surface area (Å²) in [6.45, 7) is 6.33. The lowest BCUT2D eigenvalue weighted by Gasteiger charge is -2.32. The van der Waals surface area contributed by atoms with Crippen molar-refractivity contribution in [3.63, 3.8) is 0 Å². The molecular weight excluding hydrogens is 268 g/mol. The Hall–Kier alpha value is -1.52. The molecule has 0 spiro atoms. The maximum Gasteiger partial charge on any atom is 0.329 e. The molecule has 0 radical (unpaired) electrons. The summed E-state index contributed by atoms with van der Waals surface area (Å²) in [5.41, 5.74) is -1.52. The molecule has 0 aliphatic heterocycles. The third-order valence-corrected chi connectivity index (χ3v) is 4.14. The fourth-order valence-electron chi connectivity index (χ4n) is 2.74. The van der Waals surface area contributed by atoms with Gasteiger partial charge in [0.15, 0.2) is 5.75 Å². The van der Waals surface area contributed by atoms with Crippen LogP contribution in [0.25, 0.3) is 0 Å². The van der Waals surface area contributed by atoms with E-state index in [-0.39, 0.29) is 5.54 Å². The van der Waals surface area contributed by atoms with Gasteiger partial charge in [0.1, 0.15) is 0 Å². The van der Waals surface area contributed by atoms with Crippen LogP contribution in [0.1, 0.15) is 72.1 Å². The predicted octanol–water partition coefficient (Wildman–Crippen LogP) is 3.12. The first-order valence-corrected chi connectivity index (χ1v) is 8.00. The second kappa shape index (κ2) is 8.05. The summed E-state index contributed by atoms with van der Waals surface area (Å²) in [6.07, 6.45) is 9.58. The van der Waals surface area contributed by atoms with Gasteiger partial charge in [-0.25, -0.2) is 4.79 Å². The molecule has 0 aliphatic rings. The Morgan fingerprint density at radius 2 is 1.62 bits per heavy atom. The fraction of sp³-hybridized carbons (Fsp3) is 0.750. The number of hydrogen-bond acceptors (Lipinski definition) is 3. The highest BCUT2D eigenvalue weighted by Crippen LogP contribution is 2.29. The Morgan fingerprint density at radius 1 is 1.10 bits per heavy atom. The van der Waals surface area contributed by atoms with E-state index in [0.717, 1.165) is 51.4 Å². The van der Waals surface area contributed by atoms with Gasteiger partial charge in [0.2, 0.25) is 0 Å². The third-order valence-electron chi connectivity index (χ3n) is 4.14. The summed E-state index contributed by atoms with van der Waals surface area (Å²) in [5.74, 6) is -0.396. The monoisotopic (exact) mass is 296 g/mol. The van der Waals surface area contributed by atoms with Crippen molar-refractivity contribution in [3.05, 3.63) is 27.0 Å². The lowest BCUT2D eigenvalue weighted by atomic mass is 9.88. The molecule has 0 aliphatic carbocycles. The van der Waals surface area contributed by atoms with Crippen molar-refractivity contribution in [1.29, 1.82) is 0 Å². The van der Waals surface area contributed by atoms with Gasteiger partial charge < -0.3 is 5.11 Å². The number of aromatic nitrogens is 2. The maximum atomic E-state index is 12.1. The summed E-state index contributed by atoms with van der Waals surface area (Å²) in [5, 5.41) is 9.63. The van der Waals surface area contributed by atoms with Crippen molar-refractivity contribution < 1.29 is 5.11 Å². The third kappa shape index (κ3) is 4.76. The van der Waals surface area contributed by atoms with Crippen molar-refractivity contribution in [2.45, 2.75) is 77.7 Å². The van der Waals surface area contributed by atoms with E-state index in [9.17, 15) is 14.7 Å². The quantitative estimate of drug-likeness (QED) is 0.687. The SMILES string of the molecule is CCCCCC(C)(CCCCC)n1cc(O)c(=O)[nH]c1=O. The van der Waals surface area contributed by atoms with Crippen LogP contribution >= 0.6 is 0 Å². The summed E-state index contributed by atoms with van der Waals surface area (Å²) < 4.78 is 1.51. The molecule has 1 aromatic heterocycles. The van der Waals surface area contributed by atoms with Crippen LogP contribution < -0.4 is 11.2 Å². The van der Waals surface area contributed by atoms with Crippen LogP contribution in [0.4, 0.5) is 0 Å². The fourth-order valence-corrected chi connectivity index (χ4v) is 2.74. The molecule has 1 heterocycles. The van der Waals surface area contributed by atoms with E-state index in [1.807, 2.05) is 6.92 Å². The van der Waals surface area contributed by atoms with E-state index in [1.165, 1.54) is 10.8 Å². The van der Waals surface area contributed by atoms with E-state index in [1.54, 1.807) is 0 Å². The largest absolute Gasteiger partial charge is 0.502 e. The maximum absolute atomic E-state index is 12.1. The number of hydrogen-bond donors (Lipinski definition) is 2. The van der Waals surface area contributed by atoms with Crippen LogP contribution in [-0.2, 0) is 5.54 Å². The van der Waals surface area contributed by atoms with Crippen LogP contribution in [0.3, 0.4) is 0 Å². The van der Waals surface area contributed by atoms with Crippen molar-refractivity contribution in [1.82, 2.24) is 9.55 Å². The van der Waals surface area contributed by atoms with Crippen LogP contribution in [0.15, 0.2) is 15.8 Å². The van der Waals surface area contributed by atoms with E-state index in [4.69, 9.17) is 0 Å². The number of nitrogens with one attached hydrogen (secondary N) is 1. The number of aromatic hydroxyl groups is 1. The van der Waals surface area contributed by atoms with Gasteiger partial charge in [-0.2, -0.15) is 0 Å². The first kappa shape index (κ1) is 17.5. The number of aromatic amines is 1. The van der Waals surface area contributed by atoms with Crippen molar-refractivity contribution in [3.8, 4) is 5.75 Å². The van der Waals surface area contributed by atoms with Crippen LogP contribution in [0.2, 0.25) is 0 Å². The Balaban J connectivity index is 3.07. The Labute approximate surface area is 126 Å². The molecule has 120 valence electrons. The van der Waals surface area contributed by atoms with Gasteiger partial charge in [-0.3, -0.25) is 14.3 Å². The molecule has 0 fully saturated rings. The van der Waals surface area contributed by atoms with Crippen molar-refractivity contribution in [2.24, 2.45) is 0 Å². The second-order valence-corrected chi connectivity index (χ2v) is 6.05. The molecule has 0 saturated heterocycles. The minimum absolute atomic E-state index is 0.358. The van der Waals surface area contributed by atoms with Crippen LogP contribution in [0, 0.1) is 0 Å². The molecule has 0 aromatic carbocycles. The first-order valence-electron chi connectivity index (χ1n) is 8.00. The number of H-pyrrole nitrogens is 1. The van der Waals surface area contributed by atoms with Crippen molar-refractivity contribution in [2.75, 3.05) is 0 Å². The predicted molar refractivity (Wildman–Crippen MR) is 84.9 cm³/mol. The molecule has 0 amide bonds. The van der Waals surface area contributed by atoms with Gasteiger partial charge in [-0.1, -0.05) is 52.4 Å². The van der Waals surface area contributed by atoms with E-state index in [0.29, 0.717) is 0 Å². The number of rotatable bonds is 9.